The maximum absolute atomic E-state index is 5.46. The van der Waals surface area contributed by atoms with Crippen molar-refractivity contribution in [2.45, 2.75) is 13.0 Å². The summed E-state index contributed by atoms with van der Waals surface area (Å²) in [6.45, 7) is 1.92. The van der Waals surface area contributed by atoms with E-state index in [1.54, 1.807) is 6.20 Å². The minimum Gasteiger partial charge on any atom is -0.320 e. The molecular weight excluding hydrogens is 88.1 g/mol. The van der Waals surface area contributed by atoms with Crippen molar-refractivity contribution in [3.63, 3.8) is 0 Å². The fourth-order valence-corrected chi connectivity index (χ4v) is 0.479. The van der Waals surface area contributed by atoms with Crippen molar-refractivity contribution in [3.05, 3.63) is 12.3 Å². The molecule has 0 saturated carbocycles. The van der Waals surface area contributed by atoms with Crippen LogP contribution in [0.15, 0.2) is 17.3 Å². The molecule has 7 heavy (non-hydrogen) atoms. The van der Waals surface area contributed by atoms with Gasteiger partial charge in [-0.05, 0) is 13.0 Å². The quantitative estimate of drug-likeness (QED) is 0.463. The Morgan fingerprint density at radius 2 is 2.57 bits per heavy atom. The average molecular weight is 96.1 g/mol. The van der Waals surface area contributed by atoms with Crippen molar-refractivity contribution in [2.24, 2.45) is 10.7 Å². The highest BCUT2D eigenvalue weighted by Crippen LogP contribution is 1.96. The van der Waals surface area contributed by atoms with Crippen LogP contribution >= 0.6 is 0 Å². The van der Waals surface area contributed by atoms with Crippen LogP contribution in [-0.4, -0.2) is 11.8 Å². The summed E-state index contributed by atoms with van der Waals surface area (Å²) in [5.41, 5.74) is 6.46. The minimum absolute atomic E-state index is 0.0833. The molecule has 0 aliphatic carbocycles. The monoisotopic (exact) mass is 96.1 g/mol. The minimum atomic E-state index is 0.0833. The second-order valence-electron chi connectivity index (χ2n) is 1.64. The first kappa shape index (κ1) is 4.53. The Kier molecular flexibility index (Phi) is 0.947. The highest BCUT2D eigenvalue weighted by molar-refractivity contribution is 5.91. The Bertz CT molecular complexity index is 124. The summed E-state index contributed by atoms with van der Waals surface area (Å²) >= 11 is 0. The van der Waals surface area contributed by atoms with E-state index in [1.807, 2.05) is 13.0 Å². The SMILES string of the molecule is CC1=NC=CC1N. The Morgan fingerprint density at radius 1 is 1.86 bits per heavy atom. The molecule has 1 heterocycles. The van der Waals surface area contributed by atoms with E-state index in [9.17, 15) is 0 Å². The number of hydrogen-bond donors (Lipinski definition) is 1. The van der Waals surface area contributed by atoms with Crippen LogP contribution in [0.3, 0.4) is 0 Å². The van der Waals surface area contributed by atoms with E-state index in [-0.39, 0.29) is 6.04 Å². The molecule has 0 spiro atoms. The van der Waals surface area contributed by atoms with Gasteiger partial charge in [0.15, 0.2) is 0 Å². The molecule has 0 fully saturated rings. The molecule has 1 aliphatic rings. The van der Waals surface area contributed by atoms with Crippen LogP contribution in [0.4, 0.5) is 0 Å². The lowest BCUT2D eigenvalue weighted by atomic mass is 10.2. The number of hydrogen-bond acceptors (Lipinski definition) is 2. The lowest BCUT2D eigenvalue weighted by molar-refractivity contribution is 1.10. The normalized spacial score (nSPS) is 28.3. The highest BCUT2D eigenvalue weighted by Gasteiger charge is 2.03. The van der Waals surface area contributed by atoms with Gasteiger partial charge in [-0.1, -0.05) is 0 Å². The predicted molar refractivity (Wildman–Crippen MR) is 30.2 cm³/mol. The molecule has 38 valence electrons. The van der Waals surface area contributed by atoms with Crippen LogP contribution in [0.5, 0.6) is 0 Å². The summed E-state index contributed by atoms with van der Waals surface area (Å²) in [6.07, 6.45) is 3.61. The first-order valence-electron chi connectivity index (χ1n) is 2.27. The Morgan fingerprint density at radius 3 is 2.71 bits per heavy atom. The second-order valence-corrected chi connectivity index (χ2v) is 1.64. The number of rotatable bonds is 0. The molecule has 1 atom stereocenters. The Labute approximate surface area is 42.7 Å². The zero-order chi connectivity index (χ0) is 5.28. The third-order valence-corrected chi connectivity index (χ3v) is 1.05. The van der Waals surface area contributed by atoms with Gasteiger partial charge in [0.25, 0.3) is 0 Å². The molecule has 0 aromatic heterocycles. The van der Waals surface area contributed by atoms with Crippen molar-refractivity contribution >= 4 is 5.71 Å². The van der Waals surface area contributed by atoms with Crippen LogP contribution in [-0.2, 0) is 0 Å². The molecule has 2 N–H and O–H groups in total. The summed E-state index contributed by atoms with van der Waals surface area (Å²) in [7, 11) is 0. The predicted octanol–water partition coefficient (Wildman–Crippen LogP) is 0.302. The molecule has 0 amide bonds. The van der Waals surface area contributed by atoms with E-state index < -0.39 is 0 Å². The van der Waals surface area contributed by atoms with Crippen LogP contribution < -0.4 is 5.73 Å². The summed E-state index contributed by atoms with van der Waals surface area (Å²) in [5.74, 6) is 0. The fourth-order valence-electron chi connectivity index (χ4n) is 0.479. The van der Waals surface area contributed by atoms with E-state index >= 15 is 0 Å². The Balaban J connectivity index is 2.69. The van der Waals surface area contributed by atoms with Gasteiger partial charge in [0.2, 0.25) is 0 Å². The van der Waals surface area contributed by atoms with Gasteiger partial charge >= 0.3 is 0 Å². The van der Waals surface area contributed by atoms with Gasteiger partial charge in [-0.15, -0.1) is 0 Å². The van der Waals surface area contributed by atoms with Crippen LogP contribution in [0.2, 0.25) is 0 Å². The fraction of sp³-hybridized carbons (Fsp3) is 0.400. The zero-order valence-electron chi connectivity index (χ0n) is 4.26. The highest BCUT2D eigenvalue weighted by atomic mass is 14.8. The molecule has 1 aliphatic heterocycles. The topological polar surface area (TPSA) is 38.4 Å². The van der Waals surface area contributed by atoms with Crippen LogP contribution in [0, 0.1) is 0 Å². The van der Waals surface area contributed by atoms with Crippen molar-refractivity contribution in [1.29, 1.82) is 0 Å². The standard InChI is InChI=1S/C5H8N2/c1-4-5(6)2-3-7-4/h2-3,5H,6H2,1H3. The Hall–Kier alpha value is -0.630. The van der Waals surface area contributed by atoms with E-state index in [0.29, 0.717) is 0 Å². The van der Waals surface area contributed by atoms with E-state index in [4.69, 9.17) is 5.73 Å². The van der Waals surface area contributed by atoms with Gasteiger partial charge in [-0.3, -0.25) is 4.99 Å². The molecule has 0 aromatic carbocycles. The first-order valence-corrected chi connectivity index (χ1v) is 2.27. The first-order chi connectivity index (χ1) is 3.30. The molecule has 1 rings (SSSR count). The molecule has 0 saturated heterocycles. The third-order valence-electron chi connectivity index (χ3n) is 1.05. The number of nitrogens with zero attached hydrogens (tertiary/aromatic N) is 1. The van der Waals surface area contributed by atoms with Gasteiger partial charge < -0.3 is 5.73 Å². The molecular formula is C5H8N2. The number of aliphatic imine (C=N–C) groups is 1. The average Bonchev–Trinajstić information content (AvgIpc) is 1.91. The summed E-state index contributed by atoms with van der Waals surface area (Å²) < 4.78 is 0. The zero-order valence-corrected chi connectivity index (χ0v) is 4.26. The molecule has 2 nitrogen and oxygen atoms in total. The molecule has 0 aromatic rings. The van der Waals surface area contributed by atoms with E-state index in [2.05, 4.69) is 4.99 Å². The van der Waals surface area contributed by atoms with Gasteiger partial charge in [0, 0.05) is 11.9 Å². The lowest BCUT2D eigenvalue weighted by Crippen LogP contribution is -2.22. The van der Waals surface area contributed by atoms with E-state index in [0.717, 1.165) is 5.71 Å². The summed E-state index contributed by atoms with van der Waals surface area (Å²) in [4.78, 5) is 3.93. The van der Waals surface area contributed by atoms with Crippen molar-refractivity contribution < 1.29 is 0 Å². The molecule has 0 radical (unpaired) electrons. The van der Waals surface area contributed by atoms with Crippen molar-refractivity contribution in [2.75, 3.05) is 0 Å². The van der Waals surface area contributed by atoms with Gasteiger partial charge in [0.1, 0.15) is 0 Å². The van der Waals surface area contributed by atoms with Gasteiger partial charge in [-0.25, -0.2) is 0 Å². The molecule has 2 heteroatoms. The number of nitrogens with two attached hydrogens (primary N) is 1. The maximum Gasteiger partial charge on any atom is 0.0631 e. The second kappa shape index (κ2) is 1.46. The van der Waals surface area contributed by atoms with Gasteiger partial charge in [-0.2, -0.15) is 0 Å². The largest absolute Gasteiger partial charge is 0.320 e. The smallest absolute Gasteiger partial charge is 0.0631 e. The third kappa shape index (κ3) is 0.695. The van der Waals surface area contributed by atoms with Crippen LogP contribution in [0.1, 0.15) is 6.92 Å². The van der Waals surface area contributed by atoms with Crippen LogP contribution in [0.25, 0.3) is 0 Å². The van der Waals surface area contributed by atoms with Gasteiger partial charge in [0.05, 0.1) is 6.04 Å². The molecule has 0 bridgehead atoms. The van der Waals surface area contributed by atoms with Crippen molar-refractivity contribution in [3.8, 4) is 0 Å². The summed E-state index contributed by atoms with van der Waals surface area (Å²) in [5, 5.41) is 0. The molecule has 1 unspecified atom stereocenters. The summed E-state index contributed by atoms with van der Waals surface area (Å²) in [6, 6.07) is 0.0833. The van der Waals surface area contributed by atoms with Crippen molar-refractivity contribution in [1.82, 2.24) is 0 Å². The lowest BCUT2D eigenvalue weighted by Gasteiger charge is -1.94. The van der Waals surface area contributed by atoms with E-state index in [1.165, 1.54) is 0 Å². The maximum atomic E-state index is 5.46.